The van der Waals surface area contributed by atoms with Crippen LogP contribution in [0.4, 0.5) is 0 Å². The standard InChI is InChI=1S/C18H36O2.C2H4O3.Mg/c1-2-3-4-5-6-7-8-9-10-11-12-13-14-15-16-17-18(19)20;3-1-2(4)5;/h2-17H2,1H3,(H,19,20);3H,1H2,(H,4,5);/q;;+2/p-2. The molecule has 0 aliphatic rings. The summed E-state index contributed by atoms with van der Waals surface area (Å²) >= 11 is 0. The van der Waals surface area contributed by atoms with E-state index in [1.54, 1.807) is 0 Å². The Kier molecular flexibility index (Phi) is 31.4. The van der Waals surface area contributed by atoms with Gasteiger partial charge in [-0.2, -0.15) is 0 Å². The number of hydrogen-bond acceptors (Lipinski definition) is 5. The van der Waals surface area contributed by atoms with Gasteiger partial charge in [-0.25, -0.2) is 0 Å². The van der Waals surface area contributed by atoms with Crippen LogP contribution in [0.5, 0.6) is 0 Å². The van der Waals surface area contributed by atoms with Gasteiger partial charge in [0.25, 0.3) is 0 Å². The van der Waals surface area contributed by atoms with Crippen molar-refractivity contribution in [2.75, 3.05) is 6.61 Å². The molecule has 0 heterocycles. The van der Waals surface area contributed by atoms with Gasteiger partial charge in [0, 0.05) is 5.97 Å². The van der Waals surface area contributed by atoms with Crippen LogP contribution < -0.4 is 10.2 Å². The Bertz CT molecular complexity index is 298. The Morgan fingerprint density at radius 1 is 0.615 bits per heavy atom. The van der Waals surface area contributed by atoms with Crippen molar-refractivity contribution in [2.45, 2.75) is 110 Å². The van der Waals surface area contributed by atoms with E-state index in [0.29, 0.717) is 0 Å². The SMILES string of the molecule is CCCCCCCCCCCCCCCCCC(=O)[O-].O=C([O-])CO.[Mg+2]. The Morgan fingerprint density at radius 2 is 0.885 bits per heavy atom. The second kappa shape index (κ2) is 26.9. The summed E-state index contributed by atoms with van der Waals surface area (Å²) in [5.74, 6) is -2.34. The van der Waals surface area contributed by atoms with E-state index < -0.39 is 18.5 Å². The van der Waals surface area contributed by atoms with Crippen LogP contribution >= 0.6 is 0 Å². The minimum Gasteiger partial charge on any atom is -0.550 e. The number of unbranched alkanes of at least 4 members (excludes halogenated alkanes) is 14. The maximum absolute atomic E-state index is 10.2. The molecule has 0 amide bonds. The van der Waals surface area contributed by atoms with Crippen molar-refractivity contribution in [3.8, 4) is 0 Å². The molecule has 0 fully saturated rings. The van der Waals surface area contributed by atoms with E-state index in [9.17, 15) is 9.90 Å². The van der Waals surface area contributed by atoms with E-state index >= 15 is 0 Å². The zero-order valence-corrected chi connectivity index (χ0v) is 18.2. The fourth-order valence-electron chi connectivity index (χ4n) is 2.64. The molecule has 0 rings (SSSR count). The van der Waals surface area contributed by atoms with Crippen molar-refractivity contribution in [3.63, 3.8) is 0 Å². The topological polar surface area (TPSA) is 100 Å². The van der Waals surface area contributed by atoms with Crippen LogP contribution in [0.25, 0.3) is 0 Å². The summed E-state index contributed by atoms with van der Waals surface area (Å²) in [5, 5.41) is 26.7. The molecule has 26 heavy (non-hydrogen) atoms. The van der Waals surface area contributed by atoms with E-state index in [4.69, 9.17) is 15.0 Å². The summed E-state index contributed by atoms with van der Waals surface area (Å²) in [6.45, 7) is 1.38. The van der Waals surface area contributed by atoms with Crippen molar-refractivity contribution >= 4 is 35.0 Å². The number of aliphatic carboxylic acids is 2. The Labute approximate surface area is 176 Å². The molecule has 0 aromatic carbocycles. The fourth-order valence-corrected chi connectivity index (χ4v) is 2.64. The fraction of sp³-hybridized carbons (Fsp3) is 0.900. The normalized spacial score (nSPS) is 9.77. The molecule has 0 aliphatic carbocycles. The molecule has 0 bridgehead atoms. The third-order valence-corrected chi connectivity index (χ3v) is 4.11. The van der Waals surface area contributed by atoms with Crippen molar-refractivity contribution in [1.29, 1.82) is 0 Å². The van der Waals surface area contributed by atoms with Crippen LogP contribution in [-0.4, -0.2) is 46.7 Å². The molecule has 0 atom stereocenters. The van der Waals surface area contributed by atoms with Crippen LogP contribution in [0, 0.1) is 0 Å². The molecule has 0 aromatic rings. The molecule has 0 radical (unpaired) electrons. The van der Waals surface area contributed by atoms with Gasteiger partial charge in [0.1, 0.15) is 0 Å². The second-order valence-electron chi connectivity index (χ2n) is 6.60. The van der Waals surface area contributed by atoms with Gasteiger partial charge < -0.3 is 24.9 Å². The molecule has 0 spiro atoms. The van der Waals surface area contributed by atoms with Crippen LogP contribution in [0.1, 0.15) is 110 Å². The molecule has 0 saturated heterocycles. The smallest absolute Gasteiger partial charge is 0.550 e. The Balaban J connectivity index is -0.000000772. The number of carbonyl (C=O) groups excluding carboxylic acids is 2. The molecule has 0 unspecified atom stereocenters. The van der Waals surface area contributed by atoms with Crippen molar-refractivity contribution < 1.29 is 24.9 Å². The van der Waals surface area contributed by atoms with Crippen molar-refractivity contribution in [2.24, 2.45) is 0 Å². The zero-order chi connectivity index (χ0) is 19.2. The number of hydrogen-bond donors (Lipinski definition) is 1. The van der Waals surface area contributed by atoms with E-state index in [0.717, 1.165) is 12.8 Å². The number of aliphatic hydroxyl groups excluding tert-OH is 1. The summed E-state index contributed by atoms with van der Waals surface area (Å²) in [6.07, 6.45) is 19.9. The number of carboxylic acid groups (broad SMARTS) is 2. The van der Waals surface area contributed by atoms with Gasteiger partial charge in [-0.15, -0.1) is 0 Å². The van der Waals surface area contributed by atoms with Crippen molar-refractivity contribution in [3.05, 3.63) is 0 Å². The van der Waals surface area contributed by atoms with Crippen molar-refractivity contribution in [1.82, 2.24) is 0 Å². The van der Waals surface area contributed by atoms with Gasteiger partial charge >= 0.3 is 23.1 Å². The molecule has 1 N–H and O–H groups in total. The molecular formula is C20H38MgO5. The second-order valence-corrected chi connectivity index (χ2v) is 6.60. The molecule has 150 valence electrons. The predicted octanol–water partition coefficient (Wildman–Crippen LogP) is 2.35. The Morgan fingerprint density at radius 3 is 1.12 bits per heavy atom. The number of rotatable bonds is 17. The minimum absolute atomic E-state index is 0. The number of carbonyl (C=O) groups is 2. The summed E-state index contributed by atoms with van der Waals surface area (Å²) in [5.41, 5.74) is 0. The third kappa shape index (κ3) is 34.9. The molecule has 6 heteroatoms. The summed E-state index contributed by atoms with van der Waals surface area (Å²) in [4.78, 5) is 19.2. The van der Waals surface area contributed by atoms with Gasteiger partial charge in [0.05, 0.1) is 12.6 Å². The summed E-state index contributed by atoms with van der Waals surface area (Å²) < 4.78 is 0. The molecule has 5 nitrogen and oxygen atoms in total. The van der Waals surface area contributed by atoms with Gasteiger partial charge in [-0.05, 0) is 12.8 Å². The first-order chi connectivity index (χ1) is 12.0. The minimum atomic E-state index is -1.44. The molecule has 0 aliphatic heterocycles. The van der Waals surface area contributed by atoms with Gasteiger partial charge in [0.2, 0.25) is 0 Å². The van der Waals surface area contributed by atoms with E-state index in [-0.39, 0.29) is 29.5 Å². The molecular weight excluding hydrogens is 345 g/mol. The average Bonchev–Trinajstić information content (AvgIpc) is 2.58. The number of carboxylic acids is 2. The number of aliphatic hydroxyl groups is 1. The van der Waals surface area contributed by atoms with E-state index in [1.807, 2.05) is 0 Å². The van der Waals surface area contributed by atoms with E-state index in [1.165, 1.54) is 83.5 Å². The summed E-state index contributed by atoms with van der Waals surface area (Å²) in [7, 11) is 0. The van der Waals surface area contributed by atoms with Gasteiger partial charge in [-0.3, -0.25) is 0 Å². The Hall–Kier alpha value is -0.334. The zero-order valence-electron chi connectivity index (χ0n) is 16.8. The summed E-state index contributed by atoms with van der Waals surface area (Å²) in [6, 6.07) is 0. The van der Waals surface area contributed by atoms with Crippen LogP contribution in [0.2, 0.25) is 0 Å². The third-order valence-electron chi connectivity index (χ3n) is 4.11. The average molecular weight is 383 g/mol. The van der Waals surface area contributed by atoms with Gasteiger partial charge in [0.15, 0.2) is 0 Å². The quantitative estimate of drug-likeness (QED) is 0.307. The first kappa shape index (κ1) is 30.4. The first-order valence-corrected chi connectivity index (χ1v) is 10.0. The molecule has 0 saturated carbocycles. The largest absolute Gasteiger partial charge is 2.00 e. The van der Waals surface area contributed by atoms with Crippen LogP contribution in [-0.2, 0) is 9.59 Å². The maximum atomic E-state index is 10.2. The van der Waals surface area contributed by atoms with Gasteiger partial charge in [-0.1, -0.05) is 96.8 Å². The monoisotopic (exact) mass is 382 g/mol. The molecule has 0 aromatic heterocycles. The first-order valence-electron chi connectivity index (χ1n) is 10.0. The van der Waals surface area contributed by atoms with Crippen LogP contribution in [0.15, 0.2) is 0 Å². The van der Waals surface area contributed by atoms with Crippen LogP contribution in [0.3, 0.4) is 0 Å². The predicted molar refractivity (Wildman–Crippen MR) is 102 cm³/mol. The maximum Gasteiger partial charge on any atom is 2.00 e. The van der Waals surface area contributed by atoms with E-state index in [2.05, 4.69) is 6.92 Å².